The lowest BCUT2D eigenvalue weighted by Gasteiger charge is -2.34. The lowest BCUT2D eigenvalue weighted by molar-refractivity contribution is -0.892. The fourth-order valence-corrected chi connectivity index (χ4v) is 3.50. The van der Waals surface area contributed by atoms with Gasteiger partial charge in [0.25, 0.3) is 5.91 Å². The van der Waals surface area contributed by atoms with Crippen LogP contribution >= 0.6 is 11.6 Å². The molecule has 1 aliphatic heterocycles. The molecular weight excluding hydrogens is 354 g/mol. The molecule has 0 radical (unpaired) electrons. The van der Waals surface area contributed by atoms with Crippen LogP contribution in [0.4, 0.5) is 5.69 Å². The summed E-state index contributed by atoms with van der Waals surface area (Å²) < 4.78 is 4.80. The van der Waals surface area contributed by atoms with Crippen LogP contribution in [0.3, 0.4) is 0 Å². The van der Waals surface area contributed by atoms with Crippen LogP contribution in [0.5, 0.6) is 0 Å². The highest BCUT2D eigenvalue weighted by Crippen LogP contribution is 2.24. The summed E-state index contributed by atoms with van der Waals surface area (Å²) in [5, 5.41) is 3.58. The molecule has 1 fully saturated rings. The largest absolute Gasteiger partial charge is 0.467 e. The van der Waals surface area contributed by atoms with Crippen molar-refractivity contribution in [2.24, 2.45) is 5.92 Å². The van der Waals surface area contributed by atoms with Crippen molar-refractivity contribution in [3.05, 3.63) is 29.3 Å². The molecule has 0 spiro atoms. The van der Waals surface area contributed by atoms with Gasteiger partial charge in [-0.15, -0.1) is 0 Å². The third-order valence-corrected chi connectivity index (χ3v) is 4.92. The molecule has 2 N–H and O–H groups in total. The van der Waals surface area contributed by atoms with Gasteiger partial charge in [0.1, 0.15) is 6.04 Å². The lowest BCUT2D eigenvalue weighted by Crippen LogP contribution is -3.16. The molecule has 0 saturated carbocycles. The van der Waals surface area contributed by atoms with Crippen LogP contribution in [0.15, 0.2) is 24.3 Å². The summed E-state index contributed by atoms with van der Waals surface area (Å²) in [5.41, 5.74) is 1.04. The van der Waals surface area contributed by atoms with Crippen LogP contribution in [0, 0.1) is 5.92 Å². The molecule has 6 nitrogen and oxygen atoms in total. The minimum absolute atomic E-state index is 0.109. The summed E-state index contributed by atoms with van der Waals surface area (Å²) in [6.07, 6.45) is 0.577. The highest BCUT2D eigenvalue weighted by atomic mass is 35.5. The van der Waals surface area contributed by atoms with E-state index >= 15 is 0 Å². The number of hydrogen-bond acceptors (Lipinski definition) is 4. The summed E-state index contributed by atoms with van der Waals surface area (Å²) in [6.45, 7) is 7.79. The second kappa shape index (κ2) is 9.78. The number of esters is 1. The van der Waals surface area contributed by atoms with Crippen LogP contribution in [0.2, 0.25) is 5.02 Å². The van der Waals surface area contributed by atoms with Gasteiger partial charge in [0.2, 0.25) is 0 Å². The van der Waals surface area contributed by atoms with Gasteiger partial charge in [-0.3, -0.25) is 4.79 Å². The molecule has 1 amide bonds. The number of nitrogens with zero attached hydrogens (tertiary/aromatic N) is 1. The molecule has 0 unspecified atom stereocenters. The van der Waals surface area contributed by atoms with Crippen LogP contribution in [0.25, 0.3) is 0 Å². The van der Waals surface area contributed by atoms with E-state index < -0.39 is 6.04 Å². The van der Waals surface area contributed by atoms with Crippen LogP contribution in [0.1, 0.15) is 20.3 Å². The zero-order valence-corrected chi connectivity index (χ0v) is 16.5. The molecule has 1 aromatic carbocycles. The maximum atomic E-state index is 12.4. The van der Waals surface area contributed by atoms with Crippen molar-refractivity contribution in [2.75, 3.05) is 44.7 Å². The van der Waals surface area contributed by atoms with Gasteiger partial charge in [0.05, 0.1) is 44.0 Å². The van der Waals surface area contributed by atoms with E-state index in [0.717, 1.165) is 36.9 Å². The van der Waals surface area contributed by atoms with E-state index in [0.29, 0.717) is 18.9 Å². The van der Waals surface area contributed by atoms with E-state index in [2.05, 4.69) is 10.2 Å². The number of carbonyl (C=O) groups excluding carboxylic acids is 2. The maximum Gasteiger partial charge on any atom is 0.328 e. The van der Waals surface area contributed by atoms with Gasteiger partial charge in [0, 0.05) is 0 Å². The highest BCUT2D eigenvalue weighted by Gasteiger charge is 2.27. The molecule has 0 bridgehead atoms. The van der Waals surface area contributed by atoms with Crippen molar-refractivity contribution >= 4 is 29.2 Å². The molecule has 144 valence electrons. The number of ether oxygens (including phenoxy) is 1. The fraction of sp³-hybridized carbons (Fsp3) is 0.579. The molecule has 1 atom stereocenters. The second-order valence-electron chi connectivity index (χ2n) is 7.14. The number of nitrogens with one attached hydrogen (secondary N) is 2. The molecule has 2 rings (SSSR count). The van der Waals surface area contributed by atoms with Crippen molar-refractivity contribution in [1.29, 1.82) is 0 Å². The van der Waals surface area contributed by atoms with Crippen molar-refractivity contribution in [3.8, 4) is 0 Å². The number of hydrogen-bond donors (Lipinski definition) is 2. The van der Waals surface area contributed by atoms with Gasteiger partial charge >= 0.3 is 5.97 Å². The Bertz CT molecular complexity index is 616. The zero-order chi connectivity index (χ0) is 19.1. The van der Waals surface area contributed by atoms with E-state index in [4.69, 9.17) is 16.3 Å². The molecular formula is C19H29ClN3O3+. The quantitative estimate of drug-likeness (QED) is 0.683. The zero-order valence-electron chi connectivity index (χ0n) is 15.8. The number of methoxy groups -OCH3 is 1. The first-order chi connectivity index (χ1) is 12.4. The van der Waals surface area contributed by atoms with Gasteiger partial charge < -0.3 is 19.9 Å². The Morgan fingerprint density at radius 3 is 2.50 bits per heavy atom. The predicted octanol–water partition coefficient (Wildman–Crippen LogP) is 0.749. The summed E-state index contributed by atoms with van der Waals surface area (Å²) in [7, 11) is 1.35. The Balaban J connectivity index is 1.83. The standard InChI is InChI=1S/C19H28ClN3O3/c1-14(2)12-16(19(25)26-3)21-18(24)13-22-8-10-23(11-9-22)17-7-5-4-6-15(17)20/h4-7,14,16H,8-13H2,1-3H3,(H,21,24)/p+1/t16-/m1/s1. The summed E-state index contributed by atoms with van der Waals surface area (Å²) in [5.74, 6) is -0.196. The van der Waals surface area contributed by atoms with Crippen LogP contribution in [-0.2, 0) is 14.3 Å². The Hall–Kier alpha value is -1.79. The normalized spacial score (nSPS) is 16.4. The third kappa shape index (κ3) is 5.88. The van der Waals surface area contributed by atoms with Crippen molar-refractivity contribution in [3.63, 3.8) is 0 Å². The van der Waals surface area contributed by atoms with E-state index in [1.165, 1.54) is 12.0 Å². The number of carbonyl (C=O) groups is 2. The number of halogens is 1. The van der Waals surface area contributed by atoms with Crippen LogP contribution < -0.4 is 15.1 Å². The Labute approximate surface area is 160 Å². The van der Waals surface area contributed by atoms with Gasteiger partial charge in [-0.2, -0.15) is 0 Å². The molecule has 0 aliphatic carbocycles. The van der Waals surface area contributed by atoms with E-state index in [1.54, 1.807) is 0 Å². The first-order valence-electron chi connectivity index (χ1n) is 9.11. The minimum atomic E-state index is -0.573. The van der Waals surface area contributed by atoms with Gasteiger partial charge in [-0.1, -0.05) is 37.6 Å². The molecule has 7 heteroatoms. The van der Waals surface area contributed by atoms with Crippen LogP contribution in [-0.4, -0.2) is 57.8 Å². The van der Waals surface area contributed by atoms with E-state index in [9.17, 15) is 9.59 Å². The number of anilines is 1. The summed E-state index contributed by atoms with van der Waals surface area (Å²) in [4.78, 5) is 27.7. The van der Waals surface area contributed by atoms with E-state index in [-0.39, 0.29) is 11.9 Å². The molecule has 26 heavy (non-hydrogen) atoms. The first kappa shape index (κ1) is 20.5. The Morgan fingerprint density at radius 1 is 1.27 bits per heavy atom. The highest BCUT2D eigenvalue weighted by molar-refractivity contribution is 6.33. The fourth-order valence-electron chi connectivity index (χ4n) is 3.25. The van der Waals surface area contributed by atoms with Gasteiger partial charge in [-0.05, 0) is 24.5 Å². The monoisotopic (exact) mass is 382 g/mol. The van der Waals surface area contributed by atoms with Crippen molar-refractivity contribution in [2.45, 2.75) is 26.3 Å². The number of quaternary nitrogens is 1. The maximum absolute atomic E-state index is 12.4. The number of rotatable bonds is 7. The first-order valence-corrected chi connectivity index (χ1v) is 9.48. The Kier molecular flexibility index (Phi) is 7.72. The predicted molar refractivity (Wildman–Crippen MR) is 103 cm³/mol. The molecule has 1 heterocycles. The van der Waals surface area contributed by atoms with Crippen molar-refractivity contribution in [1.82, 2.24) is 5.32 Å². The lowest BCUT2D eigenvalue weighted by atomic mass is 10.0. The number of benzene rings is 1. The Morgan fingerprint density at radius 2 is 1.92 bits per heavy atom. The number of para-hydroxylation sites is 1. The number of amides is 1. The summed E-state index contributed by atoms with van der Waals surface area (Å²) >= 11 is 6.26. The average Bonchev–Trinajstić information content (AvgIpc) is 2.61. The smallest absolute Gasteiger partial charge is 0.328 e. The third-order valence-electron chi connectivity index (χ3n) is 4.60. The molecule has 1 aromatic rings. The molecule has 0 aromatic heterocycles. The average molecular weight is 383 g/mol. The molecule has 1 saturated heterocycles. The van der Waals surface area contributed by atoms with E-state index in [1.807, 2.05) is 38.1 Å². The summed E-state index contributed by atoms with van der Waals surface area (Å²) in [6, 6.07) is 7.25. The van der Waals surface area contributed by atoms with Gasteiger partial charge in [0.15, 0.2) is 6.54 Å². The minimum Gasteiger partial charge on any atom is -0.467 e. The number of piperazine rings is 1. The van der Waals surface area contributed by atoms with Crippen molar-refractivity contribution < 1.29 is 19.2 Å². The molecule has 1 aliphatic rings. The SMILES string of the molecule is COC(=O)[C@@H](CC(C)C)NC(=O)C[NH+]1CCN(c2ccccc2Cl)CC1. The second-order valence-corrected chi connectivity index (χ2v) is 7.55. The topological polar surface area (TPSA) is 63.1 Å². The van der Waals surface area contributed by atoms with Gasteiger partial charge in [-0.25, -0.2) is 4.79 Å².